The number of nitrogens with zero attached hydrogens (tertiary/aromatic N) is 1. The van der Waals surface area contributed by atoms with Gasteiger partial charge in [-0.25, -0.2) is 18.1 Å². The summed E-state index contributed by atoms with van der Waals surface area (Å²) in [4.78, 5) is 14.4. The Morgan fingerprint density at radius 2 is 2.00 bits per heavy atom. The first-order chi connectivity index (χ1) is 11.8. The summed E-state index contributed by atoms with van der Waals surface area (Å²) in [7, 11) is -4.00. The van der Waals surface area contributed by atoms with Crippen LogP contribution in [0, 0.1) is 0 Å². The normalized spacial score (nSPS) is 12.7. The van der Waals surface area contributed by atoms with Gasteiger partial charge in [-0.15, -0.1) is 0 Å². The molecule has 0 aliphatic heterocycles. The summed E-state index contributed by atoms with van der Waals surface area (Å²) in [6, 6.07) is 9.80. The Labute approximate surface area is 150 Å². The Kier molecular flexibility index (Phi) is 6.35. The number of rotatable bonds is 8. The zero-order valence-electron chi connectivity index (χ0n) is 13.2. The van der Waals surface area contributed by atoms with Crippen molar-refractivity contribution in [2.75, 3.05) is 5.73 Å². The van der Waals surface area contributed by atoms with E-state index in [0.717, 1.165) is 5.56 Å². The van der Waals surface area contributed by atoms with Crippen LogP contribution in [0.5, 0.6) is 0 Å². The maximum Gasteiger partial charge on any atom is 0.303 e. The van der Waals surface area contributed by atoms with E-state index in [0.29, 0.717) is 6.42 Å². The van der Waals surface area contributed by atoms with Crippen molar-refractivity contribution in [2.24, 2.45) is 0 Å². The number of carboxylic acid groups (broad SMARTS) is 1. The van der Waals surface area contributed by atoms with Gasteiger partial charge in [0.25, 0.3) is 0 Å². The Balaban J connectivity index is 2.24. The van der Waals surface area contributed by atoms with Crippen LogP contribution < -0.4 is 10.5 Å². The van der Waals surface area contributed by atoms with E-state index in [4.69, 9.17) is 22.4 Å². The van der Waals surface area contributed by atoms with Gasteiger partial charge in [0.05, 0.1) is 5.02 Å². The molecule has 0 aliphatic rings. The lowest BCUT2D eigenvalue weighted by Crippen LogP contribution is -2.37. The third-order valence-electron chi connectivity index (χ3n) is 3.49. The summed E-state index contributed by atoms with van der Waals surface area (Å²) in [6.45, 7) is 0. The first-order valence-corrected chi connectivity index (χ1v) is 9.33. The summed E-state index contributed by atoms with van der Waals surface area (Å²) in [6.07, 6.45) is 1.57. The van der Waals surface area contributed by atoms with Gasteiger partial charge < -0.3 is 10.8 Å². The Hall–Kier alpha value is -2.16. The molecule has 0 saturated heterocycles. The first kappa shape index (κ1) is 19.2. The van der Waals surface area contributed by atoms with Crippen molar-refractivity contribution in [2.45, 2.75) is 30.2 Å². The van der Waals surface area contributed by atoms with Crippen LogP contribution in [0.25, 0.3) is 0 Å². The van der Waals surface area contributed by atoms with Crippen LogP contribution in [0.15, 0.2) is 47.5 Å². The number of carbonyl (C=O) groups is 1. The van der Waals surface area contributed by atoms with Gasteiger partial charge in [-0.1, -0.05) is 41.9 Å². The van der Waals surface area contributed by atoms with Crippen LogP contribution >= 0.6 is 11.6 Å². The monoisotopic (exact) mass is 383 g/mol. The van der Waals surface area contributed by atoms with Gasteiger partial charge in [0.15, 0.2) is 0 Å². The quantitative estimate of drug-likeness (QED) is 0.641. The number of sulfonamides is 1. The van der Waals surface area contributed by atoms with Crippen LogP contribution in [0.1, 0.15) is 18.4 Å². The lowest BCUT2D eigenvalue weighted by Gasteiger charge is -2.19. The molecule has 0 spiro atoms. The Morgan fingerprint density at radius 1 is 1.32 bits per heavy atom. The van der Waals surface area contributed by atoms with Crippen molar-refractivity contribution in [3.05, 3.63) is 53.2 Å². The number of aromatic nitrogens is 1. The third-order valence-corrected chi connectivity index (χ3v) is 5.25. The minimum absolute atomic E-state index is 0.136. The topological polar surface area (TPSA) is 122 Å². The fourth-order valence-corrected chi connectivity index (χ4v) is 3.93. The van der Waals surface area contributed by atoms with Crippen molar-refractivity contribution in [1.82, 2.24) is 9.71 Å². The molecule has 1 unspecified atom stereocenters. The van der Waals surface area contributed by atoms with Gasteiger partial charge in [0.1, 0.15) is 10.7 Å². The molecule has 134 valence electrons. The first-order valence-electron chi connectivity index (χ1n) is 7.47. The molecule has 1 heterocycles. The lowest BCUT2D eigenvalue weighted by atomic mass is 10.0. The largest absolute Gasteiger partial charge is 0.481 e. The maximum atomic E-state index is 12.6. The maximum absolute atomic E-state index is 12.6. The average Bonchev–Trinajstić information content (AvgIpc) is 2.55. The van der Waals surface area contributed by atoms with Crippen molar-refractivity contribution < 1.29 is 18.3 Å². The van der Waals surface area contributed by atoms with E-state index in [-0.39, 0.29) is 28.6 Å². The number of halogens is 1. The highest BCUT2D eigenvalue weighted by Gasteiger charge is 2.24. The molecule has 0 amide bonds. The minimum atomic E-state index is -4.00. The number of nitrogens with two attached hydrogens (primary N) is 1. The highest BCUT2D eigenvalue weighted by atomic mass is 35.5. The molecular formula is C16H18ClN3O4S. The number of nitrogen functional groups attached to an aromatic ring is 1. The predicted octanol–water partition coefficient (Wildman–Crippen LogP) is 2.07. The van der Waals surface area contributed by atoms with E-state index in [1.165, 1.54) is 12.3 Å². The average molecular weight is 384 g/mol. The van der Waals surface area contributed by atoms with Crippen LogP contribution in [-0.2, 0) is 21.2 Å². The number of anilines is 1. The van der Waals surface area contributed by atoms with Crippen LogP contribution in [0.2, 0.25) is 5.02 Å². The molecule has 9 heteroatoms. The summed E-state index contributed by atoms with van der Waals surface area (Å²) < 4.78 is 27.7. The van der Waals surface area contributed by atoms with Gasteiger partial charge in [-0.3, -0.25) is 4.79 Å². The summed E-state index contributed by atoms with van der Waals surface area (Å²) >= 11 is 5.80. The summed E-state index contributed by atoms with van der Waals surface area (Å²) in [5, 5.41) is 9.04. The molecule has 1 aromatic carbocycles. The zero-order valence-corrected chi connectivity index (χ0v) is 14.8. The standard InChI is InChI=1S/C16H18ClN3O4S/c17-12-9-14(16(18)19-10-12)25(23,24)20-13(6-7-15(21)22)8-11-4-2-1-3-5-11/h1-5,9-10,13,20H,6-8H2,(H2,18,19)(H,21,22). The SMILES string of the molecule is Nc1ncc(Cl)cc1S(=O)(=O)NC(CCC(=O)O)Cc1ccccc1. The number of pyridine rings is 1. The van der Waals surface area contributed by atoms with Gasteiger partial charge >= 0.3 is 5.97 Å². The third kappa shape index (κ3) is 5.70. The van der Waals surface area contributed by atoms with Gasteiger partial charge in [0.2, 0.25) is 10.0 Å². The molecule has 7 nitrogen and oxygen atoms in total. The van der Waals surface area contributed by atoms with E-state index in [2.05, 4.69) is 9.71 Å². The number of hydrogen-bond acceptors (Lipinski definition) is 5. The summed E-state index contributed by atoms with van der Waals surface area (Å²) in [5.74, 6) is -1.17. The zero-order chi connectivity index (χ0) is 18.4. The fourth-order valence-electron chi connectivity index (χ4n) is 2.33. The fraction of sp³-hybridized carbons (Fsp3) is 0.250. The van der Waals surface area contributed by atoms with Gasteiger partial charge in [0, 0.05) is 18.7 Å². The number of carboxylic acids is 1. The molecule has 2 rings (SSSR count). The Morgan fingerprint density at radius 3 is 2.64 bits per heavy atom. The summed E-state index contributed by atoms with van der Waals surface area (Å²) in [5.41, 5.74) is 6.53. The number of hydrogen-bond donors (Lipinski definition) is 3. The van der Waals surface area contributed by atoms with Crippen LogP contribution in [0.3, 0.4) is 0 Å². The second-order valence-corrected chi connectivity index (χ2v) is 7.60. The number of aliphatic carboxylic acids is 1. The molecule has 0 bridgehead atoms. The molecule has 0 radical (unpaired) electrons. The van der Waals surface area contributed by atoms with Crippen molar-refractivity contribution in [3.63, 3.8) is 0 Å². The molecule has 2 aromatic rings. The second-order valence-electron chi connectivity index (χ2n) is 5.48. The number of nitrogens with one attached hydrogen (secondary N) is 1. The molecule has 0 fully saturated rings. The molecule has 1 aromatic heterocycles. The molecule has 0 aliphatic carbocycles. The Bertz CT molecular complexity index is 844. The second kappa shape index (κ2) is 8.28. The van der Waals surface area contributed by atoms with Gasteiger partial charge in [-0.05, 0) is 24.5 Å². The lowest BCUT2D eigenvalue weighted by molar-refractivity contribution is -0.137. The molecular weight excluding hydrogens is 366 g/mol. The van der Waals surface area contributed by atoms with Crippen molar-refractivity contribution >= 4 is 33.4 Å². The van der Waals surface area contributed by atoms with E-state index in [9.17, 15) is 13.2 Å². The molecule has 1 atom stereocenters. The molecule has 0 saturated carbocycles. The number of benzene rings is 1. The molecule has 25 heavy (non-hydrogen) atoms. The highest BCUT2D eigenvalue weighted by molar-refractivity contribution is 7.89. The van der Waals surface area contributed by atoms with E-state index < -0.39 is 22.0 Å². The predicted molar refractivity (Wildman–Crippen MR) is 94.8 cm³/mol. The van der Waals surface area contributed by atoms with E-state index in [1.54, 1.807) is 0 Å². The minimum Gasteiger partial charge on any atom is -0.481 e. The van der Waals surface area contributed by atoms with E-state index >= 15 is 0 Å². The van der Waals surface area contributed by atoms with Crippen molar-refractivity contribution in [1.29, 1.82) is 0 Å². The molecule has 4 N–H and O–H groups in total. The van der Waals surface area contributed by atoms with Gasteiger partial charge in [-0.2, -0.15) is 0 Å². The smallest absolute Gasteiger partial charge is 0.303 e. The van der Waals surface area contributed by atoms with Crippen molar-refractivity contribution in [3.8, 4) is 0 Å². The van der Waals surface area contributed by atoms with E-state index in [1.807, 2.05) is 30.3 Å². The highest BCUT2D eigenvalue weighted by Crippen LogP contribution is 2.21. The van der Waals surface area contributed by atoms with Crippen LogP contribution in [0.4, 0.5) is 5.82 Å². The van der Waals surface area contributed by atoms with Crippen LogP contribution in [-0.4, -0.2) is 30.5 Å².